The van der Waals surface area contributed by atoms with Crippen LogP contribution in [0, 0.1) is 23.7 Å². The molecule has 0 saturated heterocycles. The third kappa shape index (κ3) is 4.07. The van der Waals surface area contributed by atoms with E-state index in [0.717, 1.165) is 5.56 Å². The predicted octanol–water partition coefficient (Wildman–Crippen LogP) is 5.03. The number of aromatic carboxylic acids is 1. The average Bonchev–Trinajstić information content (AvgIpc) is 3.41. The maximum absolute atomic E-state index is 11.6. The first-order valence-corrected chi connectivity index (χ1v) is 9.46. The van der Waals surface area contributed by atoms with Crippen molar-refractivity contribution in [2.75, 3.05) is 0 Å². The molecule has 0 radical (unpaired) electrons. The Morgan fingerprint density at radius 1 is 1.03 bits per heavy atom. The molecular weight excluding hydrogens is 388 g/mol. The number of pyridine rings is 1. The number of aromatic nitrogens is 1. The molecule has 1 heterocycles. The fourth-order valence-corrected chi connectivity index (χ4v) is 3.19. The summed E-state index contributed by atoms with van der Waals surface area (Å²) >= 11 is 0. The zero-order valence-corrected chi connectivity index (χ0v) is 16.4. The van der Waals surface area contributed by atoms with Crippen molar-refractivity contribution >= 4 is 16.9 Å². The highest BCUT2D eigenvalue weighted by molar-refractivity contribution is 5.98. The van der Waals surface area contributed by atoms with Crippen molar-refractivity contribution in [3.05, 3.63) is 95.2 Å². The van der Waals surface area contributed by atoms with E-state index in [1.165, 1.54) is 11.1 Å². The van der Waals surface area contributed by atoms with Crippen LogP contribution in [0.4, 0.5) is 0 Å². The molecule has 31 heavy (non-hydrogen) atoms. The van der Waals surface area contributed by atoms with Gasteiger partial charge in [-0.15, -0.1) is 6.42 Å². The lowest BCUT2D eigenvalue weighted by molar-refractivity contribution is 0.0690. The second-order valence-corrected chi connectivity index (χ2v) is 6.78. The SMILES string of the molecule is C#Cc1c(C(=O)O)nc2c(C#N)cccc2c1OCc1ccccc1.c1cc2cc-2c1. The van der Waals surface area contributed by atoms with E-state index in [2.05, 4.69) is 35.2 Å². The lowest BCUT2D eigenvalue weighted by Crippen LogP contribution is -2.08. The monoisotopic (exact) mass is 404 g/mol. The molecule has 0 aliphatic heterocycles. The molecule has 2 aliphatic carbocycles. The second kappa shape index (κ2) is 8.41. The summed E-state index contributed by atoms with van der Waals surface area (Å²) in [6.07, 6.45) is 5.52. The summed E-state index contributed by atoms with van der Waals surface area (Å²) in [5.41, 5.74) is 4.03. The predicted molar refractivity (Wildman–Crippen MR) is 118 cm³/mol. The number of hydrogen-bond donors (Lipinski definition) is 1. The van der Waals surface area contributed by atoms with Crippen molar-refractivity contribution in [2.24, 2.45) is 0 Å². The summed E-state index contributed by atoms with van der Waals surface area (Å²) in [5, 5.41) is 19.2. The van der Waals surface area contributed by atoms with E-state index in [9.17, 15) is 15.2 Å². The van der Waals surface area contributed by atoms with Gasteiger partial charge in [0.25, 0.3) is 0 Å². The van der Waals surface area contributed by atoms with Gasteiger partial charge in [-0.3, -0.25) is 0 Å². The topological polar surface area (TPSA) is 83.2 Å². The summed E-state index contributed by atoms with van der Waals surface area (Å²) in [6, 6.07) is 24.9. The van der Waals surface area contributed by atoms with Gasteiger partial charge in [-0.2, -0.15) is 5.26 Å². The molecule has 0 spiro atoms. The lowest BCUT2D eigenvalue weighted by atomic mass is 10.0. The summed E-state index contributed by atoms with van der Waals surface area (Å²) < 4.78 is 5.86. The van der Waals surface area contributed by atoms with E-state index in [1.807, 2.05) is 36.4 Å². The standard InChI is InChI=1S/C20H12N2O3.C6H4/c1-2-15-18(20(23)24)22-17-14(11-21)9-6-10-16(17)19(15)25-12-13-7-4-3-5-8-13;1-2-5-4-6(5)3-1/h1,3-10H,12H2,(H,23,24);1-4H. The molecule has 2 aliphatic rings. The van der Waals surface area contributed by atoms with Gasteiger partial charge in [0, 0.05) is 5.39 Å². The maximum Gasteiger partial charge on any atom is 0.355 e. The van der Waals surface area contributed by atoms with Gasteiger partial charge in [-0.05, 0) is 34.9 Å². The molecule has 5 heteroatoms. The average molecular weight is 404 g/mol. The van der Waals surface area contributed by atoms with Crippen molar-refractivity contribution in [3.8, 4) is 35.3 Å². The number of para-hydroxylation sites is 1. The molecule has 148 valence electrons. The number of terminal acetylenes is 1. The Balaban J connectivity index is 0.000000325. The smallest absolute Gasteiger partial charge is 0.355 e. The van der Waals surface area contributed by atoms with Crippen LogP contribution in [0.5, 0.6) is 5.75 Å². The van der Waals surface area contributed by atoms with Gasteiger partial charge in [-0.1, -0.05) is 60.5 Å². The first-order valence-electron chi connectivity index (χ1n) is 9.46. The number of benzene rings is 3. The Morgan fingerprint density at radius 2 is 1.74 bits per heavy atom. The summed E-state index contributed by atoms with van der Waals surface area (Å²) in [6.45, 7) is 0.213. The van der Waals surface area contributed by atoms with E-state index < -0.39 is 5.97 Å². The van der Waals surface area contributed by atoms with Crippen LogP contribution in [0.2, 0.25) is 0 Å². The molecule has 1 aromatic heterocycles. The number of rotatable bonds is 4. The number of ether oxygens (including phenoxy) is 1. The summed E-state index contributed by atoms with van der Waals surface area (Å²) in [4.78, 5) is 15.6. The van der Waals surface area contributed by atoms with Crippen LogP contribution in [-0.4, -0.2) is 16.1 Å². The van der Waals surface area contributed by atoms with Crippen molar-refractivity contribution in [1.82, 2.24) is 4.98 Å². The van der Waals surface area contributed by atoms with Crippen molar-refractivity contribution in [2.45, 2.75) is 6.61 Å². The highest BCUT2D eigenvalue weighted by Gasteiger charge is 2.21. The first-order chi connectivity index (χ1) is 15.1. The van der Waals surface area contributed by atoms with Gasteiger partial charge < -0.3 is 9.84 Å². The molecule has 0 atom stereocenters. The minimum atomic E-state index is -1.27. The Labute approximate surface area is 179 Å². The number of carboxylic acid groups (broad SMARTS) is 1. The van der Waals surface area contributed by atoms with Crippen molar-refractivity contribution in [1.29, 1.82) is 5.26 Å². The minimum absolute atomic E-state index is 0.0611. The number of carboxylic acids is 1. The van der Waals surface area contributed by atoms with Gasteiger partial charge in [-0.25, -0.2) is 9.78 Å². The molecule has 0 bridgehead atoms. The van der Waals surface area contributed by atoms with Crippen LogP contribution in [0.1, 0.15) is 27.2 Å². The largest absolute Gasteiger partial charge is 0.487 e. The quantitative estimate of drug-likeness (QED) is 0.425. The molecule has 5 rings (SSSR count). The highest BCUT2D eigenvalue weighted by atomic mass is 16.5. The number of carbonyl (C=O) groups is 1. The number of fused-ring (bicyclic) bond motifs is 2. The van der Waals surface area contributed by atoms with Crippen LogP contribution < -0.4 is 4.74 Å². The van der Waals surface area contributed by atoms with E-state index in [1.54, 1.807) is 18.2 Å². The molecule has 1 N–H and O–H groups in total. The molecular formula is C26H16N2O3. The fraction of sp³-hybridized carbons (Fsp3) is 0.0385. The minimum Gasteiger partial charge on any atom is -0.487 e. The van der Waals surface area contributed by atoms with Crippen LogP contribution in [-0.2, 0) is 6.61 Å². The molecule has 0 saturated carbocycles. The Morgan fingerprint density at radius 3 is 2.29 bits per heavy atom. The van der Waals surface area contributed by atoms with Gasteiger partial charge in [0.05, 0.1) is 11.1 Å². The summed E-state index contributed by atoms with van der Waals surface area (Å²) in [7, 11) is 0. The maximum atomic E-state index is 11.6. The Kier molecular flexibility index (Phi) is 5.34. The molecule has 0 fully saturated rings. The van der Waals surface area contributed by atoms with Gasteiger partial charge >= 0.3 is 5.97 Å². The Bertz CT molecular complexity index is 1360. The molecule has 5 nitrogen and oxygen atoms in total. The Hall–Kier alpha value is -4.61. The first kappa shape index (κ1) is 19.7. The van der Waals surface area contributed by atoms with Gasteiger partial charge in [0.15, 0.2) is 5.69 Å². The van der Waals surface area contributed by atoms with Crippen molar-refractivity contribution < 1.29 is 14.6 Å². The van der Waals surface area contributed by atoms with Crippen molar-refractivity contribution in [3.63, 3.8) is 0 Å². The van der Waals surface area contributed by atoms with Crippen LogP contribution in [0.15, 0.2) is 72.8 Å². The highest BCUT2D eigenvalue weighted by Crippen LogP contribution is 2.33. The number of nitriles is 1. The molecule has 3 aromatic rings. The van der Waals surface area contributed by atoms with E-state index in [0.29, 0.717) is 5.39 Å². The van der Waals surface area contributed by atoms with Crippen LogP contribution in [0.3, 0.4) is 0 Å². The van der Waals surface area contributed by atoms with E-state index in [4.69, 9.17) is 11.2 Å². The van der Waals surface area contributed by atoms with Gasteiger partial charge in [0.1, 0.15) is 24.0 Å². The van der Waals surface area contributed by atoms with E-state index in [-0.39, 0.29) is 34.7 Å². The number of hydrogen-bond acceptors (Lipinski definition) is 4. The van der Waals surface area contributed by atoms with Gasteiger partial charge in [0.2, 0.25) is 0 Å². The summed E-state index contributed by atoms with van der Waals surface area (Å²) in [5.74, 6) is 1.33. The normalized spacial score (nSPS) is 10.3. The zero-order chi connectivity index (χ0) is 21.8. The van der Waals surface area contributed by atoms with Crippen LogP contribution in [0.25, 0.3) is 22.0 Å². The molecule has 2 aromatic carbocycles. The van der Waals surface area contributed by atoms with E-state index >= 15 is 0 Å². The zero-order valence-electron chi connectivity index (χ0n) is 16.4. The van der Waals surface area contributed by atoms with Crippen LogP contribution >= 0.6 is 0 Å². The third-order valence-corrected chi connectivity index (χ3v) is 4.77. The lowest BCUT2D eigenvalue weighted by Gasteiger charge is -2.14. The number of nitrogens with zero attached hydrogens (tertiary/aromatic N) is 2. The second-order valence-electron chi connectivity index (χ2n) is 6.78. The third-order valence-electron chi connectivity index (χ3n) is 4.77. The molecule has 0 amide bonds. The fourth-order valence-electron chi connectivity index (χ4n) is 3.19. The molecule has 0 unspecified atom stereocenters.